The molecule has 0 aliphatic carbocycles. The van der Waals surface area contributed by atoms with E-state index in [1.807, 2.05) is 13.8 Å². The van der Waals surface area contributed by atoms with Gasteiger partial charge in [0, 0.05) is 10.9 Å². The lowest BCUT2D eigenvalue weighted by molar-refractivity contribution is -0.125. The predicted molar refractivity (Wildman–Crippen MR) is 80.7 cm³/mol. The highest BCUT2D eigenvalue weighted by Crippen LogP contribution is 2.35. The molecule has 1 aromatic heterocycles. The number of aryl methyl sites for hydroxylation is 1. The minimum absolute atomic E-state index is 0.237. The molecule has 1 aliphatic rings. The van der Waals surface area contributed by atoms with Gasteiger partial charge in [0.25, 0.3) is 0 Å². The number of carbonyl (C=O) groups excluding carboxylic acids is 2. The molecule has 2 rings (SSSR count). The van der Waals surface area contributed by atoms with Crippen LogP contribution in [0.3, 0.4) is 0 Å². The molecule has 0 radical (unpaired) electrons. The molecular weight excluding hydrogens is 292 g/mol. The molecule has 0 spiro atoms. The normalized spacial score (nSPS) is 24.9. The van der Waals surface area contributed by atoms with Gasteiger partial charge in [-0.2, -0.15) is 0 Å². The van der Waals surface area contributed by atoms with Gasteiger partial charge < -0.3 is 20.5 Å². The molecule has 0 bridgehead atoms. The van der Waals surface area contributed by atoms with E-state index in [4.69, 9.17) is 15.2 Å². The van der Waals surface area contributed by atoms with E-state index in [0.717, 1.165) is 10.4 Å². The van der Waals surface area contributed by atoms with Crippen LogP contribution in [0.4, 0.5) is 5.00 Å². The molecule has 1 aliphatic heterocycles. The second-order valence-corrected chi connectivity index (χ2v) is 6.70. The third-order valence-electron chi connectivity index (χ3n) is 4.04. The van der Waals surface area contributed by atoms with Crippen molar-refractivity contribution in [2.75, 3.05) is 25.6 Å². The van der Waals surface area contributed by atoms with Crippen LogP contribution in [-0.2, 0) is 14.3 Å². The molecule has 1 amide bonds. The van der Waals surface area contributed by atoms with Gasteiger partial charge in [-0.05, 0) is 26.3 Å². The van der Waals surface area contributed by atoms with Gasteiger partial charge in [0.2, 0.25) is 5.91 Å². The Bertz CT molecular complexity index is 584. The van der Waals surface area contributed by atoms with Gasteiger partial charge in [-0.15, -0.1) is 11.3 Å². The van der Waals surface area contributed by atoms with Crippen molar-refractivity contribution in [1.82, 2.24) is 0 Å². The first-order valence-corrected chi connectivity index (χ1v) is 7.46. The standard InChI is InChI=1S/C14H20N2O4S/c1-7-8(2)21-11(10(7)12(17)19-4)16-13(18)14(3)6-20-5-9(14)15/h9H,5-6,15H2,1-4H3,(H,16,18). The molecule has 0 saturated carbocycles. The lowest BCUT2D eigenvalue weighted by Crippen LogP contribution is -2.47. The summed E-state index contributed by atoms with van der Waals surface area (Å²) in [7, 11) is 1.32. The van der Waals surface area contributed by atoms with E-state index in [1.165, 1.54) is 18.4 Å². The highest BCUT2D eigenvalue weighted by molar-refractivity contribution is 7.16. The number of amides is 1. The number of nitrogens with one attached hydrogen (secondary N) is 1. The summed E-state index contributed by atoms with van der Waals surface area (Å²) in [4.78, 5) is 25.4. The average molecular weight is 312 g/mol. The van der Waals surface area contributed by atoms with Crippen LogP contribution in [0.25, 0.3) is 0 Å². The molecule has 2 heterocycles. The average Bonchev–Trinajstić information content (AvgIpc) is 2.92. The van der Waals surface area contributed by atoms with Crippen molar-refractivity contribution in [3.63, 3.8) is 0 Å². The van der Waals surface area contributed by atoms with Crippen molar-refractivity contribution in [3.05, 3.63) is 16.0 Å². The van der Waals surface area contributed by atoms with Crippen molar-refractivity contribution < 1.29 is 19.1 Å². The fourth-order valence-corrected chi connectivity index (χ4v) is 3.28. The van der Waals surface area contributed by atoms with Crippen molar-refractivity contribution >= 4 is 28.2 Å². The molecular formula is C14H20N2O4S. The van der Waals surface area contributed by atoms with Crippen LogP contribution in [0.5, 0.6) is 0 Å². The maximum Gasteiger partial charge on any atom is 0.341 e. The van der Waals surface area contributed by atoms with Crippen molar-refractivity contribution in [2.45, 2.75) is 26.8 Å². The highest BCUT2D eigenvalue weighted by atomic mass is 32.1. The van der Waals surface area contributed by atoms with Crippen LogP contribution >= 0.6 is 11.3 Å². The number of hydrogen-bond donors (Lipinski definition) is 2. The summed E-state index contributed by atoms with van der Waals surface area (Å²) in [5.74, 6) is -0.692. The Hall–Kier alpha value is -1.44. The number of rotatable bonds is 3. The van der Waals surface area contributed by atoms with Crippen LogP contribution in [-0.4, -0.2) is 38.2 Å². The minimum Gasteiger partial charge on any atom is -0.465 e. The molecule has 1 aromatic rings. The van der Waals surface area contributed by atoms with Crippen molar-refractivity contribution in [3.8, 4) is 0 Å². The molecule has 7 heteroatoms. The topological polar surface area (TPSA) is 90.6 Å². The van der Waals surface area contributed by atoms with Gasteiger partial charge in [0.15, 0.2) is 0 Å². The lowest BCUT2D eigenvalue weighted by Gasteiger charge is -2.25. The summed E-state index contributed by atoms with van der Waals surface area (Å²) in [6, 6.07) is -0.360. The molecule has 2 atom stereocenters. The number of methoxy groups -OCH3 is 1. The lowest BCUT2D eigenvalue weighted by atomic mass is 9.85. The van der Waals surface area contributed by atoms with E-state index in [9.17, 15) is 9.59 Å². The summed E-state index contributed by atoms with van der Waals surface area (Å²) in [6.45, 7) is 6.13. The first-order chi connectivity index (χ1) is 9.81. The number of nitrogens with two attached hydrogens (primary N) is 1. The van der Waals surface area contributed by atoms with E-state index in [2.05, 4.69) is 5.32 Å². The first kappa shape index (κ1) is 15.9. The Morgan fingerprint density at radius 3 is 2.67 bits per heavy atom. The fourth-order valence-electron chi connectivity index (χ4n) is 2.23. The van der Waals surface area contributed by atoms with E-state index in [-0.39, 0.29) is 18.6 Å². The molecule has 21 heavy (non-hydrogen) atoms. The molecule has 2 unspecified atom stereocenters. The van der Waals surface area contributed by atoms with Crippen LogP contribution in [0.15, 0.2) is 0 Å². The SMILES string of the molecule is COC(=O)c1c(NC(=O)C2(C)COCC2N)sc(C)c1C. The summed E-state index contributed by atoms with van der Waals surface area (Å²) in [6.07, 6.45) is 0. The zero-order valence-corrected chi connectivity index (χ0v) is 13.4. The third kappa shape index (κ3) is 2.68. The van der Waals surface area contributed by atoms with Gasteiger partial charge in [0.1, 0.15) is 5.00 Å². The number of ether oxygens (including phenoxy) is 2. The number of hydrogen-bond acceptors (Lipinski definition) is 6. The van der Waals surface area contributed by atoms with E-state index in [1.54, 1.807) is 6.92 Å². The fraction of sp³-hybridized carbons (Fsp3) is 0.571. The van der Waals surface area contributed by atoms with Gasteiger partial charge in [-0.3, -0.25) is 4.79 Å². The minimum atomic E-state index is -0.792. The summed E-state index contributed by atoms with van der Waals surface area (Å²) in [5, 5.41) is 3.32. The van der Waals surface area contributed by atoms with Crippen molar-refractivity contribution in [2.24, 2.45) is 11.1 Å². The van der Waals surface area contributed by atoms with Gasteiger partial charge >= 0.3 is 5.97 Å². The second-order valence-electron chi connectivity index (χ2n) is 5.47. The number of thiophene rings is 1. The Balaban J connectivity index is 2.30. The Morgan fingerprint density at radius 1 is 1.48 bits per heavy atom. The van der Waals surface area contributed by atoms with E-state index < -0.39 is 11.4 Å². The molecule has 0 aromatic carbocycles. The predicted octanol–water partition coefficient (Wildman–Crippen LogP) is 1.45. The molecule has 1 saturated heterocycles. The van der Waals surface area contributed by atoms with Crippen LogP contribution < -0.4 is 11.1 Å². The third-order valence-corrected chi connectivity index (χ3v) is 5.16. The van der Waals surface area contributed by atoms with Gasteiger partial charge in [-0.25, -0.2) is 4.79 Å². The molecule has 6 nitrogen and oxygen atoms in total. The Kier molecular flexibility index (Phi) is 4.36. The highest BCUT2D eigenvalue weighted by Gasteiger charge is 2.44. The summed E-state index contributed by atoms with van der Waals surface area (Å²) < 4.78 is 10.1. The van der Waals surface area contributed by atoms with Crippen LogP contribution in [0.1, 0.15) is 27.7 Å². The van der Waals surface area contributed by atoms with Gasteiger partial charge in [0.05, 0.1) is 31.3 Å². The smallest absolute Gasteiger partial charge is 0.341 e. The molecule has 1 fully saturated rings. The first-order valence-electron chi connectivity index (χ1n) is 6.64. The molecule has 3 N–H and O–H groups in total. The van der Waals surface area contributed by atoms with E-state index in [0.29, 0.717) is 17.2 Å². The number of carbonyl (C=O) groups is 2. The Labute approximate surface area is 127 Å². The van der Waals surface area contributed by atoms with E-state index >= 15 is 0 Å². The largest absolute Gasteiger partial charge is 0.465 e. The second kappa shape index (κ2) is 5.75. The summed E-state index contributed by atoms with van der Waals surface area (Å²) >= 11 is 1.36. The molecule has 116 valence electrons. The van der Waals surface area contributed by atoms with Gasteiger partial charge in [-0.1, -0.05) is 0 Å². The zero-order chi connectivity index (χ0) is 15.8. The van der Waals surface area contributed by atoms with Crippen LogP contribution in [0.2, 0.25) is 0 Å². The number of esters is 1. The maximum absolute atomic E-state index is 12.5. The zero-order valence-electron chi connectivity index (χ0n) is 12.6. The monoisotopic (exact) mass is 312 g/mol. The summed E-state index contributed by atoms with van der Waals surface area (Å²) in [5.41, 5.74) is 6.39. The Morgan fingerprint density at radius 2 is 2.14 bits per heavy atom. The van der Waals surface area contributed by atoms with Crippen LogP contribution in [0, 0.1) is 19.3 Å². The number of anilines is 1. The maximum atomic E-state index is 12.5. The quantitative estimate of drug-likeness (QED) is 0.825. The van der Waals surface area contributed by atoms with Crippen molar-refractivity contribution in [1.29, 1.82) is 0 Å².